The normalized spacial score (nSPS) is 12.2. The Bertz CT molecular complexity index is 1570. The number of halogens is 5. The van der Waals surface area contributed by atoms with Crippen molar-refractivity contribution in [3.8, 4) is 0 Å². The first kappa shape index (κ1) is 32.3. The zero-order chi connectivity index (χ0) is 30.8. The van der Waals surface area contributed by atoms with Gasteiger partial charge in [-0.1, -0.05) is 30.1 Å². The highest BCUT2D eigenvalue weighted by molar-refractivity contribution is 7.91. The SMILES string of the molecule is CCS(=O)(=O)c1ccc(Cl)cc1CNC(=O)c1cc(Cl)c(Cn2ccc(NC(=O)OC(C)(C)C)c2)c(C(F)(F)F)c1. The van der Waals surface area contributed by atoms with Gasteiger partial charge in [-0.15, -0.1) is 0 Å². The number of rotatable bonds is 8. The second-order valence-corrected chi connectivity index (χ2v) is 13.1. The molecular weight excluding hydrogens is 606 g/mol. The highest BCUT2D eigenvalue weighted by Crippen LogP contribution is 2.37. The van der Waals surface area contributed by atoms with Crippen molar-refractivity contribution in [3.63, 3.8) is 0 Å². The molecule has 0 radical (unpaired) electrons. The Labute approximate surface area is 245 Å². The van der Waals surface area contributed by atoms with E-state index >= 15 is 0 Å². The van der Waals surface area contributed by atoms with Crippen molar-refractivity contribution in [1.82, 2.24) is 9.88 Å². The predicted octanol–water partition coefficient (Wildman–Crippen LogP) is 6.93. The molecule has 8 nitrogen and oxygen atoms in total. The zero-order valence-corrected chi connectivity index (χ0v) is 24.9. The lowest BCUT2D eigenvalue weighted by atomic mass is 10.0. The van der Waals surface area contributed by atoms with Crippen molar-refractivity contribution in [2.75, 3.05) is 11.1 Å². The first-order chi connectivity index (χ1) is 18.9. The molecule has 2 aromatic carbocycles. The van der Waals surface area contributed by atoms with Crippen molar-refractivity contribution in [2.45, 2.75) is 57.5 Å². The third-order valence-corrected chi connectivity index (χ3v) is 8.08. The number of nitrogens with zero attached hydrogens (tertiary/aromatic N) is 1. The molecule has 1 aromatic heterocycles. The van der Waals surface area contributed by atoms with Crippen LogP contribution >= 0.6 is 23.2 Å². The fourth-order valence-electron chi connectivity index (χ4n) is 3.82. The Balaban J connectivity index is 1.85. The average Bonchev–Trinajstić information content (AvgIpc) is 3.28. The molecule has 2 N–H and O–H groups in total. The van der Waals surface area contributed by atoms with Gasteiger partial charge in [-0.25, -0.2) is 13.2 Å². The van der Waals surface area contributed by atoms with E-state index in [-0.39, 0.29) is 50.5 Å². The van der Waals surface area contributed by atoms with Gasteiger partial charge in [0.05, 0.1) is 21.9 Å². The van der Waals surface area contributed by atoms with Gasteiger partial charge >= 0.3 is 12.3 Å². The Hall–Kier alpha value is -3.22. The summed E-state index contributed by atoms with van der Waals surface area (Å²) in [5, 5.41) is 4.87. The number of anilines is 1. The molecule has 0 fully saturated rings. The molecular formula is C27H28Cl2F3N3O5S. The number of ether oxygens (including phenoxy) is 1. The molecule has 41 heavy (non-hydrogen) atoms. The lowest BCUT2D eigenvalue weighted by Crippen LogP contribution is -2.27. The van der Waals surface area contributed by atoms with E-state index < -0.39 is 39.2 Å². The Kier molecular flexibility index (Phi) is 9.72. The summed E-state index contributed by atoms with van der Waals surface area (Å²) >= 11 is 12.3. The van der Waals surface area contributed by atoms with Gasteiger partial charge in [-0.3, -0.25) is 10.1 Å². The number of hydrogen-bond donors (Lipinski definition) is 2. The summed E-state index contributed by atoms with van der Waals surface area (Å²) in [7, 11) is -3.65. The summed E-state index contributed by atoms with van der Waals surface area (Å²) in [6.45, 7) is 5.91. The van der Waals surface area contributed by atoms with Crippen molar-refractivity contribution in [3.05, 3.63) is 81.1 Å². The predicted molar refractivity (Wildman–Crippen MR) is 150 cm³/mol. The number of benzene rings is 2. The van der Waals surface area contributed by atoms with Crippen LogP contribution in [0.25, 0.3) is 0 Å². The van der Waals surface area contributed by atoms with Gasteiger partial charge in [0.25, 0.3) is 5.91 Å². The number of carbonyl (C=O) groups excluding carboxylic acids is 2. The van der Waals surface area contributed by atoms with Crippen LogP contribution in [0.1, 0.15) is 54.7 Å². The summed E-state index contributed by atoms with van der Waals surface area (Å²) in [6.07, 6.45) is -2.71. The van der Waals surface area contributed by atoms with Gasteiger partial charge in [0, 0.05) is 46.7 Å². The van der Waals surface area contributed by atoms with E-state index in [0.717, 1.165) is 6.07 Å². The lowest BCUT2D eigenvalue weighted by Gasteiger charge is -2.19. The van der Waals surface area contributed by atoms with Crippen LogP contribution in [-0.4, -0.2) is 36.3 Å². The minimum Gasteiger partial charge on any atom is -0.444 e. The number of aromatic nitrogens is 1. The van der Waals surface area contributed by atoms with Crippen molar-refractivity contribution in [1.29, 1.82) is 0 Å². The van der Waals surface area contributed by atoms with Crippen LogP contribution in [0.5, 0.6) is 0 Å². The van der Waals surface area contributed by atoms with Crippen LogP contribution in [0.15, 0.2) is 53.7 Å². The molecule has 0 atom stereocenters. The summed E-state index contributed by atoms with van der Waals surface area (Å²) in [6, 6.07) is 7.34. The van der Waals surface area contributed by atoms with E-state index in [0.29, 0.717) is 11.8 Å². The van der Waals surface area contributed by atoms with Gasteiger partial charge in [-0.05, 0) is 62.7 Å². The molecule has 0 aliphatic carbocycles. The standard InChI is InChI=1S/C27H28Cl2F3N3O5S/c1-5-41(38,39)23-7-6-18(28)10-17(23)13-33-24(36)16-11-21(27(30,31)32)20(22(29)12-16)15-35-9-8-19(14-35)34-25(37)40-26(2,3)4/h6-12,14H,5,13,15H2,1-4H3,(H,33,36)(H,34,37). The van der Waals surface area contributed by atoms with Gasteiger partial charge in [0.2, 0.25) is 0 Å². The average molecular weight is 635 g/mol. The maximum Gasteiger partial charge on any atom is 0.416 e. The van der Waals surface area contributed by atoms with E-state index in [1.54, 1.807) is 20.8 Å². The van der Waals surface area contributed by atoms with Crippen molar-refractivity contribution in [2.24, 2.45) is 0 Å². The number of nitrogens with one attached hydrogen (secondary N) is 2. The number of sulfone groups is 1. The molecule has 0 aliphatic heterocycles. The first-order valence-electron chi connectivity index (χ1n) is 12.2. The summed E-state index contributed by atoms with van der Waals surface area (Å²) in [5.41, 5.74) is -2.03. The van der Waals surface area contributed by atoms with Crippen LogP contribution in [0.4, 0.5) is 23.7 Å². The molecule has 2 amide bonds. The molecule has 14 heteroatoms. The number of alkyl halides is 3. The van der Waals surface area contributed by atoms with Crippen LogP contribution in [0.2, 0.25) is 10.0 Å². The van der Waals surface area contributed by atoms with Crippen LogP contribution in [0, 0.1) is 0 Å². The highest BCUT2D eigenvalue weighted by Gasteiger charge is 2.35. The molecule has 0 aliphatic rings. The van der Waals surface area contributed by atoms with Crippen LogP contribution < -0.4 is 10.6 Å². The quantitative estimate of drug-likeness (QED) is 0.280. The molecule has 0 saturated carbocycles. The molecule has 0 bridgehead atoms. The van der Waals surface area contributed by atoms with Crippen LogP contribution in [-0.2, 0) is 33.8 Å². The molecule has 0 spiro atoms. The second kappa shape index (κ2) is 12.3. The molecule has 0 unspecified atom stereocenters. The first-order valence-corrected chi connectivity index (χ1v) is 14.6. The minimum atomic E-state index is -4.85. The van der Waals surface area contributed by atoms with Gasteiger partial charge in [0.1, 0.15) is 5.60 Å². The van der Waals surface area contributed by atoms with E-state index in [9.17, 15) is 31.2 Å². The van der Waals surface area contributed by atoms with Gasteiger partial charge < -0.3 is 14.6 Å². The third kappa shape index (κ3) is 8.64. The van der Waals surface area contributed by atoms with Gasteiger partial charge in [-0.2, -0.15) is 13.2 Å². The smallest absolute Gasteiger partial charge is 0.416 e. The maximum atomic E-state index is 14.1. The largest absolute Gasteiger partial charge is 0.444 e. The lowest BCUT2D eigenvalue weighted by molar-refractivity contribution is -0.138. The van der Waals surface area contributed by atoms with E-state index in [1.165, 1.54) is 48.1 Å². The van der Waals surface area contributed by atoms with E-state index in [1.807, 2.05) is 0 Å². The number of amides is 2. The monoisotopic (exact) mass is 633 g/mol. The van der Waals surface area contributed by atoms with Crippen LogP contribution in [0.3, 0.4) is 0 Å². The van der Waals surface area contributed by atoms with E-state index in [2.05, 4.69) is 10.6 Å². The Morgan fingerprint density at radius 1 is 1.05 bits per heavy atom. The third-order valence-electron chi connectivity index (χ3n) is 5.68. The molecule has 222 valence electrons. The highest BCUT2D eigenvalue weighted by atomic mass is 35.5. The summed E-state index contributed by atoms with van der Waals surface area (Å²) in [4.78, 5) is 24.8. The second-order valence-electron chi connectivity index (χ2n) is 10.0. The maximum absolute atomic E-state index is 14.1. The molecule has 3 aromatic rings. The zero-order valence-electron chi connectivity index (χ0n) is 22.5. The Morgan fingerprint density at radius 3 is 2.34 bits per heavy atom. The molecule has 1 heterocycles. The summed E-state index contributed by atoms with van der Waals surface area (Å²) < 4.78 is 73.6. The Morgan fingerprint density at radius 2 is 1.73 bits per heavy atom. The van der Waals surface area contributed by atoms with E-state index in [4.69, 9.17) is 27.9 Å². The molecule has 3 rings (SSSR count). The van der Waals surface area contributed by atoms with Gasteiger partial charge in [0.15, 0.2) is 9.84 Å². The minimum absolute atomic E-state index is 0.0405. The van der Waals surface area contributed by atoms with Crippen molar-refractivity contribution < 1.29 is 35.9 Å². The topological polar surface area (TPSA) is 107 Å². The summed E-state index contributed by atoms with van der Waals surface area (Å²) in [5.74, 6) is -1.09. The number of hydrogen-bond acceptors (Lipinski definition) is 5. The number of carbonyl (C=O) groups is 2. The fraction of sp³-hybridized carbons (Fsp3) is 0.333. The fourth-order valence-corrected chi connectivity index (χ4v) is 5.41. The molecule has 0 saturated heterocycles. The van der Waals surface area contributed by atoms with Crippen molar-refractivity contribution >= 4 is 50.7 Å².